The van der Waals surface area contributed by atoms with E-state index in [1.807, 2.05) is 0 Å². The number of nitro groups is 1. The number of benzene rings is 2. The van der Waals surface area contributed by atoms with E-state index in [0.717, 1.165) is 18.5 Å². The number of para-hydroxylation sites is 1. The van der Waals surface area contributed by atoms with Crippen molar-refractivity contribution in [3.63, 3.8) is 0 Å². The van der Waals surface area contributed by atoms with Gasteiger partial charge >= 0.3 is 11.9 Å². The van der Waals surface area contributed by atoms with Gasteiger partial charge in [0.25, 0.3) is 0 Å². The molecule has 0 bridgehead atoms. The van der Waals surface area contributed by atoms with Crippen LogP contribution in [-0.4, -0.2) is 20.8 Å². The summed E-state index contributed by atoms with van der Waals surface area (Å²) in [6, 6.07) is 10.8. The van der Waals surface area contributed by atoms with Crippen molar-refractivity contribution in [3.05, 3.63) is 70.5 Å². The van der Waals surface area contributed by atoms with E-state index in [1.54, 1.807) is 24.3 Å². The Morgan fingerprint density at radius 2 is 1.55 bits per heavy atom. The molecule has 0 radical (unpaired) electrons. The summed E-state index contributed by atoms with van der Waals surface area (Å²) < 4.78 is 39.7. The minimum absolute atomic E-state index is 0.223. The number of alkyl halides is 3. The van der Waals surface area contributed by atoms with E-state index in [2.05, 4.69) is 25.9 Å². The summed E-state index contributed by atoms with van der Waals surface area (Å²) >= 11 is 0. The zero-order chi connectivity index (χ0) is 22.6. The maximum absolute atomic E-state index is 13.2. The van der Waals surface area contributed by atoms with Crippen LogP contribution in [0.4, 0.5) is 47.6 Å². The monoisotopic (exact) mass is 432 g/mol. The van der Waals surface area contributed by atoms with Crippen molar-refractivity contribution in [1.29, 1.82) is 0 Å². The predicted molar refractivity (Wildman–Crippen MR) is 107 cm³/mol. The molecule has 3 aromatic rings. The Morgan fingerprint density at radius 1 is 0.968 bits per heavy atom. The number of nitrogens with one attached hydrogen (secondary N) is 3. The van der Waals surface area contributed by atoms with Crippen LogP contribution in [0.5, 0.6) is 0 Å². The molecule has 12 heteroatoms. The van der Waals surface area contributed by atoms with Crippen LogP contribution in [0.25, 0.3) is 0 Å². The highest BCUT2D eigenvalue weighted by Crippen LogP contribution is 2.38. The van der Waals surface area contributed by atoms with Crippen molar-refractivity contribution in [3.8, 4) is 0 Å². The van der Waals surface area contributed by atoms with Gasteiger partial charge in [0.15, 0.2) is 0 Å². The van der Waals surface area contributed by atoms with Gasteiger partial charge in [-0.25, -0.2) is 9.97 Å². The lowest BCUT2D eigenvalue weighted by atomic mass is 10.1. The maximum Gasteiger partial charge on any atom is 0.418 e. The molecule has 0 atom stereocenters. The van der Waals surface area contributed by atoms with Crippen LogP contribution in [0.15, 0.2) is 54.9 Å². The van der Waals surface area contributed by atoms with Gasteiger partial charge in [0.2, 0.25) is 17.5 Å². The van der Waals surface area contributed by atoms with Crippen molar-refractivity contribution in [1.82, 2.24) is 9.97 Å². The molecule has 0 saturated carbocycles. The number of rotatable bonds is 6. The van der Waals surface area contributed by atoms with Crippen molar-refractivity contribution in [2.24, 2.45) is 0 Å². The van der Waals surface area contributed by atoms with Crippen LogP contribution in [0, 0.1) is 10.1 Å². The average molecular weight is 432 g/mol. The van der Waals surface area contributed by atoms with E-state index in [1.165, 1.54) is 19.1 Å². The Labute approximate surface area is 173 Å². The van der Waals surface area contributed by atoms with Gasteiger partial charge in [0, 0.05) is 18.3 Å². The normalized spacial score (nSPS) is 11.0. The van der Waals surface area contributed by atoms with Crippen LogP contribution in [0.3, 0.4) is 0 Å². The average Bonchev–Trinajstić information content (AvgIpc) is 2.68. The molecule has 2 aromatic carbocycles. The fourth-order valence-corrected chi connectivity index (χ4v) is 2.68. The Balaban J connectivity index is 1.94. The lowest BCUT2D eigenvalue weighted by Gasteiger charge is -2.14. The standard InChI is InChI=1S/C19H15F3N6O3/c1-11(29)25-12-6-8-13(9-7-12)26-17-16(28(30)31)18(24-10-23-17)27-15-5-3-2-4-14(15)19(20,21)22/h2-10H,1H3,(H,25,29)(H2,23,24,26,27). The fourth-order valence-electron chi connectivity index (χ4n) is 2.68. The first kappa shape index (κ1) is 21.5. The molecular weight excluding hydrogens is 417 g/mol. The van der Waals surface area contributed by atoms with Crippen molar-refractivity contribution >= 4 is 40.3 Å². The topological polar surface area (TPSA) is 122 Å². The number of halogens is 3. The molecule has 0 aliphatic heterocycles. The van der Waals surface area contributed by atoms with Crippen molar-refractivity contribution in [2.45, 2.75) is 13.1 Å². The third kappa shape index (κ3) is 5.23. The second-order valence-corrected chi connectivity index (χ2v) is 6.23. The number of aromatic nitrogens is 2. The zero-order valence-corrected chi connectivity index (χ0v) is 15.9. The molecule has 0 saturated heterocycles. The Kier molecular flexibility index (Phi) is 6.00. The molecule has 0 aliphatic carbocycles. The third-order valence-electron chi connectivity index (χ3n) is 3.96. The van der Waals surface area contributed by atoms with Gasteiger partial charge in [-0.15, -0.1) is 0 Å². The summed E-state index contributed by atoms with van der Waals surface area (Å²) in [7, 11) is 0. The molecule has 0 spiro atoms. The largest absolute Gasteiger partial charge is 0.418 e. The number of anilines is 5. The molecule has 31 heavy (non-hydrogen) atoms. The van der Waals surface area contributed by atoms with E-state index in [4.69, 9.17) is 0 Å². The van der Waals surface area contributed by atoms with Gasteiger partial charge in [0.05, 0.1) is 16.2 Å². The van der Waals surface area contributed by atoms with Gasteiger partial charge < -0.3 is 16.0 Å². The molecule has 1 amide bonds. The van der Waals surface area contributed by atoms with Gasteiger partial charge in [-0.2, -0.15) is 13.2 Å². The molecule has 0 unspecified atom stereocenters. The summed E-state index contributed by atoms with van der Waals surface area (Å²) in [4.78, 5) is 29.5. The summed E-state index contributed by atoms with van der Waals surface area (Å²) in [5, 5.41) is 19.4. The first-order valence-electron chi connectivity index (χ1n) is 8.72. The molecule has 1 heterocycles. The summed E-state index contributed by atoms with van der Waals surface area (Å²) in [6.07, 6.45) is -3.68. The molecule has 1 aromatic heterocycles. The number of amides is 1. The molecule has 3 rings (SSSR count). The molecular formula is C19H15F3N6O3. The number of nitrogens with zero attached hydrogens (tertiary/aromatic N) is 3. The fraction of sp³-hybridized carbons (Fsp3) is 0.105. The van der Waals surface area contributed by atoms with E-state index in [-0.39, 0.29) is 17.4 Å². The zero-order valence-electron chi connectivity index (χ0n) is 15.9. The molecule has 160 valence electrons. The van der Waals surface area contributed by atoms with Crippen LogP contribution >= 0.6 is 0 Å². The van der Waals surface area contributed by atoms with Crippen LogP contribution in [-0.2, 0) is 11.0 Å². The number of hydrogen-bond acceptors (Lipinski definition) is 7. The van der Waals surface area contributed by atoms with Gasteiger partial charge in [-0.1, -0.05) is 12.1 Å². The van der Waals surface area contributed by atoms with Gasteiger partial charge in [-0.3, -0.25) is 14.9 Å². The lowest BCUT2D eigenvalue weighted by molar-refractivity contribution is -0.383. The minimum Gasteiger partial charge on any atom is -0.334 e. The quantitative estimate of drug-likeness (QED) is 0.376. The first-order valence-corrected chi connectivity index (χ1v) is 8.72. The highest BCUT2D eigenvalue weighted by atomic mass is 19.4. The van der Waals surface area contributed by atoms with E-state index in [0.29, 0.717) is 11.4 Å². The molecule has 0 aliphatic rings. The van der Waals surface area contributed by atoms with E-state index in [9.17, 15) is 28.1 Å². The van der Waals surface area contributed by atoms with Crippen LogP contribution in [0.1, 0.15) is 12.5 Å². The van der Waals surface area contributed by atoms with Gasteiger partial charge in [-0.05, 0) is 36.4 Å². The SMILES string of the molecule is CC(=O)Nc1ccc(Nc2ncnc(Nc3ccccc3C(F)(F)F)c2[N+](=O)[O-])cc1. The van der Waals surface area contributed by atoms with Crippen molar-refractivity contribution < 1.29 is 22.9 Å². The van der Waals surface area contributed by atoms with E-state index < -0.39 is 28.2 Å². The molecule has 3 N–H and O–H groups in total. The lowest BCUT2D eigenvalue weighted by Crippen LogP contribution is -2.11. The van der Waals surface area contributed by atoms with Crippen LogP contribution < -0.4 is 16.0 Å². The minimum atomic E-state index is -4.66. The van der Waals surface area contributed by atoms with Crippen LogP contribution in [0.2, 0.25) is 0 Å². The number of carbonyl (C=O) groups excluding carboxylic acids is 1. The maximum atomic E-state index is 13.2. The second kappa shape index (κ2) is 8.65. The molecule has 9 nitrogen and oxygen atoms in total. The third-order valence-corrected chi connectivity index (χ3v) is 3.96. The summed E-state index contributed by atoms with van der Waals surface area (Å²) in [5.41, 5.74) is -1.10. The van der Waals surface area contributed by atoms with Gasteiger partial charge in [0.1, 0.15) is 6.33 Å². The number of carbonyl (C=O) groups is 1. The predicted octanol–water partition coefficient (Wildman–Crippen LogP) is 4.85. The summed E-state index contributed by atoms with van der Waals surface area (Å²) in [6.45, 7) is 1.35. The molecule has 0 fully saturated rings. The van der Waals surface area contributed by atoms with E-state index >= 15 is 0 Å². The first-order chi connectivity index (χ1) is 14.6. The highest BCUT2D eigenvalue weighted by molar-refractivity contribution is 5.89. The summed E-state index contributed by atoms with van der Waals surface area (Å²) in [5.74, 6) is -0.893. The Hall–Kier alpha value is -4.22. The highest BCUT2D eigenvalue weighted by Gasteiger charge is 2.34. The number of hydrogen-bond donors (Lipinski definition) is 3. The second-order valence-electron chi connectivity index (χ2n) is 6.23. The van der Waals surface area contributed by atoms with Crippen molar-refractivity contribution in [2.75, 3.05) is 16.0 Å². The Morgan fingerprint density at radius 3 is 2.13 bits per heavy atom. The smallest absolute Gasteiger partial charge is 0.334 e. The Bertz CT molecular complexity index is 1120.